The number of nitrogen functional groups attached to an aromatic ring is 1. The molecule has 0 atom stereocenters. The average Bonchev–Trinajstić information content (AvgIpc) is 2.99. The number of fused-ring (bicyclic) bond motifs is 1. The average molecular weight is 340 g/mol. The molecule has 0 bridgehead atoms. The predicted molar refractivity (Wildman–Crippen MR) is 103 cm³/mol. The Labute approximate surface area is 147 Å². The van der Waals surface area contributed by atoms with Crippen LogP contribution in [0.2, 0.25) is 5.02 Å². The number of nitrogens with zero attached hydrogens (tertiary/aromatic N) is 2. The van der Waals surface area contributed by atoms with Crippen molar-refractivity contribution in [2.24, 2.45) is 5.92 Å². The topological polar surface area (TPSA) is 34.2 Å². The number of para-hydroxylation sites is 1. The molecule has 3 nitrogen and oxygen atoms in total. The molecule has 0 saturated carbocycles. The van der Waals surface area contributed by atoms with Crippen molar-refractivity contribution in [1.82, 2.24) is 4.57 Å². The monoisotopic (exact) mass is 339 g/mol. The molecule has 2 heterocycles. The predicted octanol–water partition coefficient (Wildman–Crippen LogP) is 4.79. The molecular weight excluding hydrogens is 318 g/mol. The van der Waals surface area contributed by atoms with E-state index in [2.05, 4.69) is 46.0 Å². The van der Waals surface area contributed by atoms with E-state index in [4.69, 9.17) is 17.3 Å². The highest BCUT2D eigenvalue weighted by molar-refractivity contribution is 6.33. The second kappa shape index (κ2) is 6.40. The van der Waals surface area contributed by atoms with Gasteiger partial charge in [0, 0.05) is 37.0 Å². The first kappa shape index (κ1) is 15.4. The van der Waals surface area contributed by atoms with Gasteiger partial charge < -0.3 is 15.2 Å². The summed E-state index contributed by atoms with van der Waals surface area (Å²) in [6.07, 6.45) is 4.59. The molecule has 0 amide bonds. The van der Waals surface area contributed by atoms with Gasteiger partial charge in [-0.15, -0.1) is 0 Å². The standard InChI is InChI=1S/C20H22ClN3/c21-18-13-17(22)5-6-20(18)23-10-7-15(8-11-23)14-24-12-9-16-3-1-2-4-19(16)24/h1-6,9,12-13,15H,7-8,10-11,14,22H2. The zero-order chi connectivity index (χ0) is 16.5. The lowest BCUT2D eigenvalue weighted by Gasteiger charge is -2.34. The number of hydrogen-bond acceptors (Lipinski definition) is 2. The fourth-order valence-electron chi connectivity index (χ4n) is 3.71. The zero-order valence-electron chi connectivity index (χ0n) is 13.7. The molecule has 0 aliphatic carbocycles. The van der Waals surface area contributed by atoms with Crippen LogP contribution in [-0.4, -0.2) is 17.7 Å². The van der Waals surface area contributed by atoms with E-state index in [-0.39, 0.29) is 0 Å². The van der Waals surface area contributed by atoms with Crippen LogP contribution in [0, 0.1) is 5.92 Å². The Bertz CT molecular complexity index is 847. The van der Waals surface area contributed by atoms with Crippen LogP contribution in [0.5, 0.6) is 0 Å². The summed E-state index contributed by atoms with van der Waals surface area (Å²) < 4.78 is 2.39. The lowest BCUT2D eigenvalue weighted by molar-refractivity contribution is 0.361. The van der Waals surface area contributed by atoms with Crippen molar-refractivity contribution in [3.8, 4) is 0 Å². The van der Waals surface area contributed by atoms with E-state index in [9.17, 15) is 0 Å². The summed E-state index contributed by atoms with van der Waals surface area (Å²) in [4.78, 5) is 2.38. The summed E-state index contributed by atoms with van der Waals surface area (Å²) in [5.74, 6) is 0.713. The highest BCUT2D eigenvalue weighted by Crippen LogP contribution is 2.32. The third-order valence-electron chi connectivity index (χ3n) is 5.06. The fraction of sp³-hybridized carbons (Fsp3) is 0.300. The first-order valence-electron chi connectivity index (χ1n) is 8.54. The Morgan fingerprint density at radius 3 is 2.62 bits per heavy atom. The first-order chi connectivity index (χ1) is 11.7. The Morgan fingerprint density at radius 1 is 1.04 bits per heavy atom. The Morgan fingerprint density at radius 2 is 1.83 bits per heavy atom. The smallest absolute Gasteiger partial charge is 0.0660 e. The molecule has 124 valence electrons. The lowest BCUT2D eigenvalue weighted by atomic mass is 9.96. The summed E-state index contributed by atoms with van der Waals surface area (Å²) in [6, 6.07) is 16.6. The first-order valence-corrected chi connectivity index (χ1v) is 8.92. The highest BCUT2D eigenvalue weighted by Gasteiger charge is 2.21. The second-order valence-electron chi connectivity index (χ2n) is 6.67. The Balaban J connectivity index is 1.43. The van der Waals surface area contributed by atoms with E-state index in [0.717, 1.165) is 36.0 Å². The van der Waals surface area contributed by atoms with E-state index in [1.54, 1.807) is 0 Å². The fourth-order valence-corrected chi connectivity index (χ4v) is 4.02. The summed E-state index contributed by atoms with van der Waals surface area (Å²) in [5, 5.41) is 2.08. The number of aromatic nitrogens is 1. The minimum Gasteiger partial charge on any atom is -0.399 e. The van der Waals surface area contributed by atoms with Crippen LogP contribution in [-0.2, 0) is 6.54 Å². The van der Waals surface area contributed by atoms with Crippen molar-refractivity contribution in [2.45, 2.75) is 19.4 Å². The number of rotatable bonds is 3. The zero-order valence-corrected chi connectivity index (χ0v) is 14.4. The second-order valence-corrected chi connectivity index (χ2v) is 7.08. The van der Waals surface area contributed by atoms with Crippen LogP contribution in [0.15, 0.2) is 54.7 Å². The SMILES string of the molecule is Nc1ccc(N2CCC(Cn3ccc4ccccc43)CC2)c(Cl)c1. The molecule has 4 heteroatoms. The molecule has 1 aliphatic heterocycles. The minimum absolute atomic E-state index is 0.713. The Hall–Kier alpha value is -2.13. The lowest BCUT2D eigenvalue weighted by Crippen LogP contribution is -2.35. The van der Waals surface area contributed by atoms with E-state index in [1.807, 2.05) is 18.2 Å². The molecule has 0 spiro atoms. The van der Waals surface area contributed by atoms with Gasteiger partial charge in [0.1, 0.15) is 0 Å². The third kappa shape index (κ3) is 2.96. The van der Waals surface area contributed by atoms with Gasteiger partial charge in [-0.1, -0.05) is 29.8 Å². The van der Waals surface area contributed by atoms with Crippen molar-refractivity contribution >= 4 is 33.9 Å². The molecule has 2 N–H and O–H groups in total. The molecular formula is C20H22ClN3. The van der Waals surface area contributed by atoms with Crippen LogP contribution in [0.4, 0.5) is 11.4 Å². The quantitative estimate of drug-likeness (QED) is 0.696. The molecule has 24 heavy (non-hydrogen) atoms. The summed E-state index contributed by atoms with van der Waals surface area (Å²) in [5.41, 5.74) is 8.96. The third-order valence-corrected chi connectivity index (χ3v) is 5.36. The molecule has 1 saturated heterocycles. The van der Waals surface area contributed by atoms with E-state index < -0.39 is 0 Å². The number of halogens is 1. The number of piperidine rings is 1. The van der Waals surface area contributed by atoms with Gasteiger partial charge in [0.15, 0.2) is 0 Å². The van der Waals surface area contributed by atoms with E-state index in [0.29, 0.717) is 5.92 Å². The molecule has 0 unspecified atom stereocenters. The maximum atomic E-state index is 6.35. The molecule has 4 rings (SSSR count). The number of hydrogen-bond donors (Lipinski definition) is 1. The van der Waals surface area contributed by atoms with Crippen LogP contribution in [0.25, 0.3) is 10.9 Å². The van der Waals surface area contributed by atoms with Crippen LogP contribution < -0.4 is 10.6 Å². The highest BCUT2D eigenvalue weighted by atomic mass is 35.5. The van der Waals surface area contributed by atoms with Gasteiger partial charge in [-0.25, -0.2) is 0 Å². The molecule has 2 aromatic carbocycles. The van der Waals surface area contributed by atoms with Gasteiger partial charge >= 0.3 is 0 Å². The normalized spacial score (nSPS) is 16.0. The van der Waals surface area contributed by atoms with Gasteiger partial charge in [0.25, 0.3) is 0 Å². The van der Waals surface area contributed by atoms with Gasteiger partial charge in [0.2, 0.25) is 0 Å². The van der Waals surface area contributed by atoms with Gasteiger partial charge in [-0.05, 0) is 54.5 Å². The molecule has 1 aromatic heterocycles. The minimum atomic E-state index is 0.713. The van der Waals surface area contributed by atoms with Crippen molar-refractivity contribution in [1.29, 1.82) is 0 Å². The van der Waals surface area contributed by atoms with E-state index >= 15 is 0 Å². The summed E-state index contributed by atoms with van der Waals surface area (Å²) >= 11 is 6.35. The van der Waals surface area contributed by atoms with Gasteiger partial charge in [0.05, 0.1) is 10.7 Å². The summed E-state index contributed by atoms with van der Waals surface area (Å²) in [7, 11) is 0. The van der Waals surface area contributed by atoms with Crippen LogP contribution >= 0.6 is 11.6 Å². The molecule has 1 aliphatic rings. The van der Waals surface area contributed by atoms with Crippen LogP contribution in [0.3, 0.4) is 0 Å². The van der Waals surface area contributed by atoms with Crippen LogP contribution in [0.1, 0.15) is 12.8 Å². The maximum Gasteiger partial charge on any atom is 0.0660 e. The summed E-state index contributed by atoms with van der Waals surface area (Å²) in [6.45, 7) is 3.19. The maximum absolute atomic E-state index is 6.35. The number of nitrogens with two attached hydrogens (primary N) is 1. The van der Waals surface area contributed by atoms with Crippen molar-refractivity contribution in [2.75, 3.05) is 23.7 Å². The molecule has 1 fully saturated rings. The van der Waals surface area contributed by atoms with Gasteiger partial charge in [-0.2, -0.15) is 0 Å². The van der Waals surface area contributed by atoms with Crippen molar-refractivity contribution in [3.63, 3.8) is 0 Å². The Kier molecular flexibility index (Phi) is 4.11. The van der Waals surface area contributed by atoms with Crippen molar-refractivity contribution in [3.05, 3.63) is 59.8 Å². The number of benzene rings is 2. The number of anilines is 2. The van der Waals surface area contributed by atoms with Gasteiger partial charge in [-0.3, -0.25) is 0 Å². The molecule has 0 radical (unpaired) electrons. The largest absolute Gasteiger partial charge is 0.399 e. The molecule has 3 aromatic rings. The van der Waals surface area contributed by atoms with Crippen molar-refractivity contribution < 1.29 is 0 Å². The van der Waals surface area contributed by atoms with E-state index in [1.165, 1.54) is 23.7 Å².